The van der Waals surface area contributed by atoms with Gasteiger partial charge in [-0.3, -0.25) is 5.10 Å². The molecule has 2 aromatic rings. The van der Waals surface area contributed by atoms with Crippen LogP contribution in [0.25, 0.3) is 0 Å². The van der Waals surface area contributed by atoms with E-state index in [-0.39, 0.29) is 18.0 Å². The van der Waals surface area contributed by atoms with Gasteiger partial charge in [-0.1, -0.05) is 17.7 Å². The summed E-state index contributed by atoms with van der Waals surface area (Å²) >= 11 is 5.95. The number of H-pyrrole nitrogens is 1. The molecule has 0 unspecified atom stereocenters. The summed E-state index contributed by atoms with van der Waals surface area (Å²) in [6.45, 7) is 0.427. The summed E-state index contributed by atoms with van der Waals surface area (Å²) in [6, 6.07) is 4.47. The summed E-state index contributed by atoms with van der Waals surface area (Å²) in [5.74, 6) is 0. The van der Waals surface area contributed by atoms with Gasteiger partial charge in [0.1, 0.15) is 0 Å². The van der Waals surface area contributed by atoms with E-state index >= 15 is 0 Å². The zero-order valence-corrected chi connectivity index (χ0v) is 11.5. The number of aromatic amines is 1. The molecule has 0 fully saturated rings. The van der Waals surface area contributed by atoms with Crippen molar-refractivity contribution in [3.63, 3.8) is 0 Å². The molecule has 1 aromatic heterocycles. The summed E-state index contributed by atoms with van der Waals surface area (Å²) in [7, 11) is -3.60. The number of nitrogens with two attached hydrogens (primary N) is 1. The van der Waals surface area contributed by atoms with E-state index in [1.54, 1.807) is 18.5 Å². The van der Waals surface area contributed by atoms with Crippen LogP contribution in [0.2, 0.25) is 5.02 Å². The lowest BCUT2D eigenvalue weighted by Crippen LogP contribution is -2.23. The Morgan fingerprint density at radius 1 is 1.42 bits per heavy atom. The van der Waals surface area contributed by atoms with Gasteiger partial charge in [0.15, 0.2) is 0 Å². The van der Waals surface area contributed by atoms with E-state index in [4.69, 9.17) is 17.3 Å². The first kappa shape index (κ1) is 14.0. The predicted molar refractivity (Wildman–Crippen MR) is 72.0 cm³/mol. The standard InChI is InChI=1S/C11H13ClN4O2S/c12-11-3-10(2-1-9(11)4-13)19(17,18)16-7-8-5-14-15-6-8/h1-3,5-6,16H,4,7,13H2,(H,14,15). The molecule has 0 amide bonds. The summed E-state index contributed by atoms with van der Waals surface area (Å²) in [6.07, 6.45) is 3.17. The number of rotatable bonds is 5. The third kappa shape index (κ3) is 3.32. The van der Waals surface area contributed by atoms with E-state index in [1.165, 1.54) is 12.1 Å². The van der Waals surface area contributed by atoms with Crippen LogP contribution < -0.4 is 10.5 Å². The molecule has 0 saturated heterocycles. The molecule has 2 rings (SSSR count). The summed E-state index contributed by atoms with van der Waals surface area (Å²) in [4.78, 5) is 0.109. The first-order valence-electron chi connectivity index (χ1n) is 5.49. The van der Waals surface area contributed by atoms with Crippen molar-refractivity contribution in [2.45, 2.75) is 18.0 Å². The van der Waals surface area contributed by atoms with Crippen LogP contribution in [0.1, 0.15) is 11.1 Å². The van der Waals surface area contributed by atoms with Crippen LogP contribution in [-0.4, -0.2) is 18.6 Å². The third-order valence-electron chi connectivity index (χ3n) is 2.58. The second kappa shape index (κ2) is 5.70. The number of aromatic nitrogens is 2. The normalized spacial score (nSPS) is 11.7. The molecule has 1 heterocycles. The lowest BCUT2D eigenvalue weighted by molar-refractivity contribution is 0.581. The van der Waals surface area contributed by atoms with Crippen molar-refractivity contribution in [2.24, 2.45) is 5.73 Å². The molecule has 19 heavy (non-hydrogen) atoms. The predicted octanol–water partition coefficient (Wildman–Crippen LogP) is 1.00. The van der Waals surface area contributed by atoms with E-state index in [1.807, 2.05) is 0 Å². The van der Waals surface area contributed by atoms with Crippen LogP contribution in [0.4, 0.5) is 0 Å². The minimum Gasteiger partial charge on any atom is -0.326 e. The largest absolute Gasteiger partial charge is 0.326 e. The van der Waals surface area contributed by atoms with Crippen molar-refractivity contribution in [1.82, 2.24) is 14.9 Å². The Morgan fingerprint density at radius 2 is 2.21 bits per heavy atom. The number of benzene rings is 1. The Morgan fingerprint density at radius 3 is 2.79 bits per heavy atom. The Kier molecular flexibility index (Phi) is 4.20. The highest BCUT2D eigenvalue weighted by molar-refractivity contribution is 7.89. The molecule has 0 spiro atoms. The van der Waals surface area contributed by atoms with Crippen LogP contribution in [0.5, 0.6) is 0 Å². The van der Waals surface area contributed by atoms with Crippen LogP contribution in [0.15, 0.2) is 35.5 Å². The molecule has 4 N–H and O–H groups in total. The van der Waals surface area contributed by atoms with E-state index in [2.05, 4.69) is 14.9 Å². The maximum Gasteiger partial charge on any atom is 0.240 e. The molecular formula is C11H13ClN4O2S. The fourth-order valence-electron chi connectivity index (χ4n) is 1.50. The molecule has 0 atom stereocenters. The van der Waals surface area contributed by atoms with Gasteiger partial charge in [0.05, 0.1) is 11.1 Å². The Labute approximate surface area is 116 Å². The van der Waals surface area contributed by atoms with Crippen molar-refractivity contribution in [3.05, 3.63) is 46.7 Å². The van der Waals surface area contributed by atoms with E-state index in [9.17, 15) is 8.42 Å². The van der Waals surface area contributed by atoms with Crippen molar-refractivity contribution in [1.29, 1.82) is 0 Å². The highest BCUT2D eigenvalue weighted by Gasteiger charge is 2.15. The van der Waals surface area contributed by atoms with Gasteiger partial charge in [-0.25, -0.2) is 13.1 Å². The smallest absolute Gasteiger partial charge is 0.240 e. The molecule has 0 radical (unpaired) electrons. The Hall–Kier alpha value is -1.41. The highest BCUT2D eigenvalue weighted by Crippen LogP contribution is 2.20. The molecule has 1 aromatic carbocycles. The number of sulfonamides is 1. The minimum atomic E-state index is -3.60. The van der Waals surface area contributed by atoms with Crippen molar-refractivity contribution < 1.29 is 8.42 Å². The van der Waals surface area contributed by atoms with E-state index < -0.39 is 10.0 Å². The molecule has 8 heteroatoms. The lowest BCUT2D eigenvalue weighted by Gasteiger charge is -2.08. The number of hydrogen-bond acceptors (Lipinski definition) is 4. The molecule has 102 valence electrons. The first-order valence-corrected chi connectivity index (χ1v) is 7.35. The van der Waals surface area contributed by atoms with Gasteiger partial charge in [-0.05, 0) is 17.7 Å². The zero-order chi connectivity index (χ0) is 13.9. The summed E-state index contributed by atoms with van der Waals surface area (Å²) in [5, 5.41) is 6.69. The van der Waals surface area contributed by atoms with Gasteiger partial charge in [0.25, 0.3) is 0 Å². The van der Waals surface area contributed by atoms with E-state index in [0.29, 0.717) is 10.6 Å². The van der Waals surface area contributed by atoms with Crippen molar-refractivity contribution in [3.8, 4) is 0 Å². The first-order chi connectivity index (χ1) is 9.03. The lowest BCUT2D eigenvalue weighted by atomic mass is 10.2. The quantitative estimate of drug-likeness (QED) is 0.767. The van der Waals surface area contributed by atoms with Crippen LogP contribution >= 0.6 is 11.6 Å². The van der Waals surface area contributed by atoms with E-state index in [0.717, 1.165) is 5.56 Å². The topological polar surface area (TPSA) is 101 Å². The second-order valence-corrected chi connectivity index (χ2v) is 6.06. The monoisotopic (exact) mass is 300 g/mol. The number of hydrogen-bond donors (Lipinski definition) is 3. The van der Waals surface area contributed by atoms with Crippen LogP contribution in [0, 0.1) is 0 Å². The number of nitrogens with one attached hydrogen (secondary N) is 2. The molecule has 0 bridgehead atoms. The third-order valence-corrected chi connectivity index (χ3v) is 4.33. The molecule has 0 saturated carbocycles. The average molecular weight is 301 g/mol. The molecule has 0 aliphatic rings. The Balaban J connectivity index is 2.17. The zero-order valence-electron chi connectivity index (χ0n) is 9.93. The molecule has 0 aliphatic carbocycles. The van der Waals surface area contributed by atoms with Crippen molar-refractivity contribution >= 4 is 21.6 Å². The average Bonchev–Trinajstić information content (AvgIpc) is 2.89. The van der Waals surface area contributed by atoms with Gasteiger partial charge >= 0.3 is 0 Å². The van der Waals surface area contributed by atoms with Gasteiger partial charge in [0, 0.05) is 29.9 Å². The fourth-order valence-corrected chi connectivity index (χ4v) is 2.86. The van der Waals surface area contributed by atoms with Crippen LogP contribution in [-0.2, 0) is 23.1 Å². The number of halogens is 1. The molecule has 6 nitrogen and oxygen atoms in total. The van der Waals surface area contributed by atoms with Crippen molar-refractivity contribution in [2.75, 3.05) is 0 Å². The van der Waals surface area contributed by atoms with Gasteiger partial charge in [0.2, 0.25) is 10.0 Å². The maximum absolute atomic E-state index is 12.0. The molecule has 0 aliphatic heterocycles. The SMILES string of the molecule is NCc1ccc(S(=O)(=O)NCc2cn[nH]c2)cc1Cl. The minimum absolute atomic E-state index is 0.109. The molecular weight excluding hydrogens is 288 g/mol. The number of nitrogens with zero attached hydrogens (tertiary/aromatic N) is 1. The summed E-state index contributed by atoms with van der Waals surface area (Å²) in [5.41, 5.74) is 6.92. The highest BCUT2D eigenvalue weighted by atomic mass is 35.5. The Bertz CT molecular complexity index is 655. The van der Waals surface area contributed by atoms with Gasteiger partial charge in [-0.2, -0.15) is 5.10 Å². The van der Waals surface area contributed by atoms with Crippen LogP contribution in [0.3, 0.4) is 0 Å². The second-order valence-electron chi connectivity index (χ2n) is 3.89. The maximum atomic E-state index is 12.0. The van der Waals surface area contributed by atoms with Gasteiger partial charge < -0.3 is 5.73 Å². The fraction of sp³-hybridized carbons (Fsp3) is 0.182. The summed E-state index contributed by atoms with van der Waals surface area (Å²) < 4.78 is 26.6. The van der Waals surface area contributed by atoms with Gasteiger partial charge in [-0.15, -0.1) is 0 Å².